The summed E-state index contributed by atoms with van der Waals surface area (Å²) < 4.78 is 38.7. The molecule has 6 heteroatoms. The van der Waals surface area contributed by atoms with Crippen molar-refractivity contribution in [1.29, 1.82) is 0 Å². The highest BCUT2D eigenvalue weighted by Crippen LogP contribution is 2.44. The van der Waals surface area contributed by atoms with Crippen LogP contribution in [0.5, 0.6) is 11.5 Å². The highest BCUT2D eigenvalue weighted by atomic mass is 19.3. The van der Waals surface area contributed by atoms with E-state index in [1.165, 1.54) is 6.42 Å². The fourth-order valence-electron chi connectivity index (χ4n) is 4.63. The van der Waals surface area contributed by atoms with Crippen molar-refractivity contribution in [2.75, 3.05) is 6.61 Å². The first-order valence-electron chi connectivity index (χ1n) is 11.2. The molecule has 2 aliphatic rings. The molecule has 2 fully saturated rings. The van der Waals surface area contributed by atoms with Crippen LogP contribution in [0.15, 0.2) is 35.1 Å². The zero-order valence-corrected chi connectivity index (χ0v) is 18.4. The number of alkyl halides is 2. The quantitative estimate of drug-likeness (QED) is 0.512. The van der Waals surface area contributed by atoms with Crippen LogP contribution in [0.25, 0.3) is 0 Å². The SMILES string of the molecule is Cc1cc(=O)cc(C)n1CC(c1ccc(OC(F)F)c(OCC2CC2C)c1)C1CCC1. The predicted octanol–water partition coefficient (Wildman–Crippen LogP) is 5.69. The fraction of sp³-hybridized carbons (Fsp3) is 0.560. The smallest absolute Gasteiger partial charge is 0.387 e. The molecule has 3 unspecified atom stereocenters. The van der Waals surface area contributed by atoms with Crippen molar-refractivity contribution in [2.24, 2.45) is 17.8 Å². The summed E-state index contributed by atoms with van der Waals surface area (Å²) in [4.78, 5) is 11.8. The summed E-state index contributed by atoms with van der Waals surface area (Å²) in [7, 11) is 0. The number of rotatable bonds is 9. The molecule has 4 rings (SSSR count). The number of halogens is 2. The first-order chi connectivity index (χ1) is 14.8. The van der Waals surface area contributed by atoms with Crippen LogP contribution in [0.2, 0.25) is 0 Å². The van der Waals surface area contributed by atoms with Crippen LogP contribution < -0.4 is 14.9 Å². The van der Waals surface area contributed by atoms with E-state index in [-0.39, 0.29) is 17.1 Å². The molecule has 0 amide bonds. The molecule has 0 bridgehead atoms. The van der Waals surface area contributed by atoms with E-state index in [0.717, 1.165) is 42.8 Å². The maximum Gasteiger partial charge on any atom is 0.387 e. The van der Waals surface area contributed by atoms with Gasteiger partial charge in [0.1, 0.15) is 0 Å². The molecule has 1 aromatic carbocycles. The lowest BCUT2D eigenvalue weighted by Crippen LogP contribution is -2.26. The Bertz CT molecular complexity index is 957. The molecule has 4 nitrogen and oxygen atoms in total. The first-order valence-corrected chi connectivity index (χ1v) is 11.2. The van der Waals surface area contributed by atoms with Gasteiger partial charge in [-0.25, -0.2) is 0 Å². The number of pyridine rings is 1. The van der Waals surface area contributed by atoms with Crippen LogP contribution >= 0.6 is 0 Å². The van der Waals surface area contributed by atoms with Gasteiger partial charge in [-0.2, -0.15) is 8.78 Å². The molecular weight excluding hydrogens is 400 g/mol. The van der Waals surface area contributed by atoms with E-state index in [2.05, 4.69) is 11.5 Å². The van der Waals surface area contributed by atoms with Gasteiger partial charge in [0.15, 0.2) is 16.9 Å². The number of hydrogen-bond donors (Lipinski definition) is 0. The Morgan fingerprint density at radius 1 is 1.10 bits per heavy atom. The summed E-state index contributed by atoms with van der Waals surface area (Å²) in [5.74, 6) is 2.34. The first kappa shape index (κ1) is 21.8. The molecule has 0 aliphatic heterocycles. The second-order valence-corrected chi connectivity index (χ2v) is 9.25. The van der Waals surface area contributed by atoms with Gasteiger partial charge < -0.3 is 14.0 Å². The third-order valence-corrected chi connectivity index (χ3v) is 6.99. The largest absolute Gasteiger partial charge is 0.489 e. The summed E-state index contributed by atoms with van der Waals surface area (Å²) in [6.07, 6.45) is 4.61. The van der Waals surface area contributed by atoms with Crippen molar-refractivity contribution in [3.63, 3.8) is 0 Å². The molecule has 3 atom stereocenters. The number of benzene rings is 1. The van der Waals surface area contributed by atoms with E-state index in [0.29, 0.717) is 30.1 Å². The lowest BCUT2D eigenvalue weighted by molar-refractivity contribution is -0.0515. The number of aryl methyl sites for hydroxylation is 2. The zero-order chi connectivity index (χ0) is 22.1. The molecule has 0 spiro atoms. The standard InChI is InChI=1S/C25H31F2NO3/c1-15-9-20(15)14-30-24-12-19(7-8-23(24)31-25(26)27)22(18-5-4-6-18)13-28-16(2)10-21(29)11-17(28)3/h7-8,10-12,15,18,20,22,25H,4-6,9,13-14H2,1-3H3. The Morgan fingerprint density at radius 2 is 1.77 bits per heavy atom. The summed E-state index contributed by atoms with van der Waals surface area (Å²) in [5, 5.41) is 0. The van der Waals surface area contributed by atoms with Crippen molar-refractivity contribution in [3.05, 3.63) is 57.5 Å². The number of hydrogen-bond acceptors (Lipinski definition) is 3. The fourth-order valence-corrected chi connectivity index (χ4v) is 4.63. The zero-order valence-electron chi connectivity index (χ0n) is 18.4. The lowest BCUT2D eigenvalue weighted by atomic mass is 9.73. The summed E-state index contributed by atoms with van der Waals surface area (Å²) >= 11 is 0. The van der Waals surface area contributed by atoms with Gasteiger partial charge in [-0.1, -0.05) is 19.4 Å². The van der Waals surface area contributed by atoms with Gasteiger partial charge in [-0.3, -0.25) is 4.79 Å². The van der Waals surface area contributed by atoms with Crippen LogP contribution in [-0.2, 0) is 6.54 Å². The molecule has 1 heterocycles. The van der Waals surface area contributed by atoms with Crippen LogP contribution in [-0.4, -0.2) is 17.8 Å². The number of nitrogens with zero attached hydrogens (tertiary/aromatic N) is 1. The van der Waals surface area contributed by atoms with Crippen LogP contribution in [0, 0.1) is 31.6 Å². The molecule has 2 aromatic rings. The lowest BCUT2D eigenvalue weighted by Gasteiger charge is -2.36. The van der Waals surface area contributed by atoms with Gasteiger partial charge in [0, 0.05) is 36.0 Å². The van der Waals surface area contributed by atoms with Gasteiger partial charge in [-0.15, -0.1) is 0 Å². The predicted molar refractivity (Wildman–Crippen MR) is 116 cm³/mol. The third kappa shape index (κ3) is 5.10. The Kier molecular flexibility index (Phi) is 6.35. The Morgan fingerprint density at radius 3 is 2.32 bits per heavy atom. The van der Waals surface area contributed by atoms with Crippen molar-refractivity contribution < 1.29 is 18.3 Å². The Labute approximate surface area is 182 Å². The average molecular weight is 432 g/mol. The summed E-state index contributed by atoms with van der Waals surface area (Å²) in [5.41, 5.74) is 2.96. The summed E-state index contributed by atoms with van der Waals surface area (Å²) in [6.45, 7) is 4.46. The second kappa shape index (κ2) is 9.01. The van der Waals surface area contributed by atoms with E-state index >= 15 is 0 Å². The molecule has 168 valence electrons. The van der Waals surface area contributed by atoms with Gasteiger partial charge >= 0.3 is 6.61 Å². The van der Waals surface area contributed by atoms with Gasteiger partial charge in [0.2, 0.25) is 0 Å². The highest BCUT2D eigenvalue weighted by Gasteiger charge is 2.34. The van der Waals surface area contributed by atoms with Crippen molar-refractivity contribution in [3.8, 4) is 11.5 Å². The topological polar surface area (TPSA) is 40.5 Å². The van der Waals surface area contributed by atoms with Crippen LogP contribution in [0.1, 0.15) is 55.5 Å². The van der Waals surface area contributed by atoms with Crippen molar-refractivity contribution >= 4 is 0 Å². The molecule has 1 aromatic heterocycles. The Balaban J connectivity index is 1.63. The van der Waals surface area contributed by atoms with Gasteiger partial charge in [0.25, 0.3) is 0 Å². The maximum absolute atomic E-state index is 12.9. The van der Waals surface area contributed by atoms with Crippen LogP contribution in [0.4, 0.5) is 8.78 Å². The molecule has 31 heavy (non-hydrogen) atoms. The molecular formula is C25H31F2NO3. The van der Waals surface area contributed by atoms with E-state index in [9.17, 15) is 13.6 Å². The number of ether oxygens (including phenoxy) is 2. The molecule has 0 N–H and O–H groups in total. The molecule has 0 radical (unpaired) electrons. The minimum absolute atomic E-state index is 0.0185. The number of aromatic nitrogens is 1. The highest BCUT2D eigenvalue weighted by molar-refractivity contribution is 5.44. The third-order valence-electron chi connectivity index (χ3n) is 6.99. The van der Waals surface area contributed by atoms with E-state index < -0.39 is 6.61 Å². The molecule has 2 aliphatic carbocycles. The minimum atomic E-state index is -2.89. The van der Waals surface area contributed by atoms with Crippen molar-refractivity contribution in [2.45, 2.75) is 65.5 Å². The monoisotopic (exact) mass is 431 g/mol. The van der Waals surface area contributed by atoms with E-state index in [4.69, 9.17) is 9.47 Å². The van der Waals surface area contributed by atoms with Gasteiger partial charge in [0.05, 0.1) is 6.61 Å². The average Bonchev–Trinajstić information content (AvgIpc) is 3.36. The summed E-state index contributed by atoms with van der Waals surface area (Å²) in [6, 6.07) is 8.72. The normalized spacial score (nSPS) is 21.6. The maximum atomic E-state index is 12.9. The van der Waals surface area contributed by atoms with Gasteiger partial charge in [-0.05, 0) is 68.6 Å². The molecule has 2 saturated carbocycles. The van der Waals surface area contributed by atoms with E-state index in [1.807, 2.05) is 26.0 Å². The van der Waals surface area contributed by atoms with E-state index in [1.54, 1.807) is 18.2 Å². The molecule has 0 saturated heterocycles. The Hall–Kier alpha value is -2.37. The van der Waals surface area contributed by atoms with Crippen LogP contribution in [0.3, 0.4) is 0 Å². The minimum Gasteiger partial charge on any atom is -0.489 e. The van der Waals surface area contributed by atoms with Crippen molar-refractivity contribution in [1.82, 2.24) is 4.57 Å². The second-order valence-electron chi connectivity index (χ2n) is 9.25.